The Morgan fingerprint density at radius 1 is 1.03 bits per heavy atom. The fourth-order valence-corrected chi connectivity index (χ4v) is 5.37. The molecule has 1 atom stereocenters. The third kappa shape index (κ3) is 4.62. The molecule has 0 amide bonds. The number of fused-ring (bicyclic) bond motifs is 2. The first-order chi connectivity index (χ1) is 16.0. The maximum Gasteiger partial charge on any atom is 0.225 e. The van der Waals surface area contributed by atoms with Crippen molar-refractivity contribution >= 4 is 39.2 Å². The van der Waals surface area contributed by atoms with Gasteiger partial charge in [0.1, 0.15) is 23.0 Å². The maximum atomic E-state index is 14.2. The Hall–Kier alpha value is -2.86. The van der Waals surface area contributed by atoms with Gasteiger partial charge in [0.15, 0.2) is 0 Å². The minimum Gasteiger partial charge on any atom is -0.367 e. The van der Waals surface area contributed by atoms with Crippen molar-refractivity contribution in [2.24, 2.45) is 5.92 Å². The van der Waals surface area contributed by atoms with E-state index < -0.39 is 5.82 Å². The summed E-state index contributed by atoms with van der Waals surface area (Å²) in [5, 5.41) is 5.01. The quantitative estimate of drug-likeness (QED) is 0.314. The summed E-state index contributed by atoms with van der Waals surface area (Å²) < 4.78 is 28.0. The zero-order valence-corrected chi connectivity index (χ0v) is 19.1. The number of para-hydroxylation sites is 1. The van der Waals surface area contributed by atoms with Gasteiger partial charge in [-0.2, -0.15) is 0 Å². The first-order valence-corrected chi connectivity index (χ1v) is 11.8. The van der Waals surface area contributed by atoms with Crippen molar-refractivity contribution in [3.63, 3.8) is 0 Å². The van der Waals surface area contributed by atoms with Gasteiger partial charge in [-0.3, -0.25) is 4.98 Å². The monoisotopic (exact) mass is 466 g/mol. The highest BCUT2D eigenvalue weighted by molar-refractivity contribution is 6.28. The zero-order chi connectivity index (χ0) is 22.9. The van der Waals surface area contributed by atoms with Gasteiger partial charge in [0.25, 0.3) is 0 Å². The summed E-state index contributed by atoms with van der Waals surface area (Å²) in [5.74, 6) is 0.936. The summed E-state index contributed by atoms with van der Waals surface area (Å²) in [7, 11) is 0. The molecule has 33 heavy (non-hydrogen) atoms. The number of anilines is 1. The van der Waals surface area contributed by atoms with Crippen molar-refractivity contribution in [3.05, 3.63) is 71.1 Å². The topological polar surface area (TPSA) is 50.7 Å². The van der Waals surface area contributed by atoms with E-state index >= 15 is 0 Å². The number of pyridine rings is 1. The maximum absolute atomic E-state index is 14.2. The molecule has 0 bridgehead atoms. The molecule has 1 fully saturated rings. The molecule has 0 spiro atoms. The van der Waals surface area contributed by atoms with E-state index in [1.165, 1.54) is 17.7 Å². The number of halogens is 3. The summed E-state index contributed by atoms with van der Waals surface area (Å²) in [6.07, 6.45) is 7.16. The van der Waals surface area contributed by atoms with Crippen LogP contribution in [0.2, 0.25) is 5.28 Å². The molecule has 1 unspecified atom stereocenters. The average Bonchev–Trinajstić information content (AvgIpc) is 2.80. The summed E-state index contributed by atoms with van der Waals surface area (Å²) >= 11 is 6.04. The highest BCUT2D eigenvalue weighted by Crippen LogP contribution is 2.40. The molecule has 2 aromatic carbocycles. The van der Waals surface area contributed by atoms with Gasteiger partial charge >= 0.3 is 0 Å². The lowest BCUT2D eigenvalue weighted by molar-refractivity contribution is 0.302. The zero-order valence-electron chi connectivity index (χ0n) is 18.4. The van der Waals surface area contributed by atoms with Gasteiger partial charge < -0.3 is 5.32 Å². The molecule has 0 saturated heterocycles. The van der Waals surface area contributed by atoms with E-state index in [4.69, 9.17) is 11.6 Å². The van der Waals surface area contributed by atoms with Crippen molar-refractivity contribution in [2.75, 3.05) is 5.32 Å². The number of benzene rings is 2. The van der Waals surface area contributed by atoms with Crippen molar-refractivity contribution in [2.45, 2.75) is 51.0 Å². The van der Waals surface area contributed by atoms with Gasteiger partial charge in [-0.15, -0.1) is 0 Å². The summed E-state index contributed by atoms with van der Waals surface area (Å²) in [4.78, 5) is 12.7. The first-order valence-electron chi connectivity index (χ1n) is 11.4. The highest BCUT2D eigenvalue weighted by Gasteiger charge is 2.25. The molecule has 0 aliphatic heterocycles. The Morgan fingerprint density at radius 3 is 2.67 bits per heavy atom. The second-order valence-corrected chi connectivity index (χ2v) is 9.38. The number of hydrogen-bond acceptors (Lipinski definition) is 4. The lowest BCUT2D eigenvalue weighted by Gasteiger charge is -2.31. The predicted molar refractivity (Wildman–Crippen MR) is 129 cm³/mol. The van der Waals surface area contributed by atoms with Gasteiger partial charge in [0, 0.05) is 23.0 Å². The highest BCUT2D eigenvalue weighted by atomic mass is 35.5. The molecule has 1 N–H and O–H groups in total. The van der Waals surface area contributed by atoms with Crippen LogP contribution in [0, 0.1) is 17.6 Å². The van der Waals surface area contributed by atoms with Crippen LogP contribution in [-0.4, -0.2) is 21.0 Å². The Bertz CT molecular complexity index is 1300. The van der Waals surface area contributed by atoms with Crippen molar-refractivity contribution < 1.29 is 8.78 Å². The fraction of sp³-hybridized carbons (Fsp3) is 0.346. The molecular weight excluding hydrogens is 442 g/mol. The number of nitrogens with zero attached hydrogens (tertiary/aromatic N) is 3. The van der Waals surface area contributed by atoms with Crippen LogP contribution in [0.15, 0.2) is 48.7 Å². The van der Waals surface area contributed by atoms with Crippen molar-refractivity contribution in [3.8, 4) is 0 Å². The normalized spacial score (nSPS) is 19.6. The number of hydrogen-bond donors (Lipinski definition) is 1. The molecule has 4 nitrogen and oxygen atoms in total. The summed E-state index contributed by atoms with van der Waals surface area (Å²) in [6, 6.07) is 11.8. The van der Waals surface area contributed by atoms with Gasteiger partial charge in [0.05, 0.1) is 5.52 Å². The first kappa shape index (κ1) is 22.0. The van der Waals surface area contributed by atoms with Gasteiger partial charge in [0.2, 0.25) is 5.28 Å². The Labute approximate surface area is 196 Å². The van der Waals surface area contributed by atoms with Gasteiger partial charge in [-0.05, 0) is 104 Å². The SMILES string of the molecule is CC(C[C@H]1CC[C@H](c2ccnc3ccc(F)cc32)CC1)Nc1nc(Cl)nc2c(F)cccc12. The van der Waals surface area contributed by atoms with Crippen LogP contribution in [0.4, 0.5) is 14.6 Å². The minimum atomic E-state index is -0.408. The van der Waals surface area contributed by atoms with E-state index in [-0.39, 0.29) is 22.7 Å². The number of nitrogens with one attached hydrogen (secondary N) is 1. The molecule has 1 saturated carbocycles. The van der Waals surface area contributed by atoms with Crippen LogP contribution in [0.3, 0.4) is 0 Å². The van der Waals surface area contributed by atoms with E-state index in [0.29, 0.717) is 23.0 Å². The number of aromatic nitrogens is 3. The van der Waals surface area contributed by atoms with E-state index in [1.54, 1.807) is 24.3 Å². The van der Waals surface area contributed by atoms with Crippen LogP contribution in [0.5, 0.6) is 0 Å². The van der Waals surface area contributed by atoms with Crippen LogP contribution in [-0.2, 0) is 0 Å². The van der Waals surface area contributed by atoms with Crippen LogP contribution < -0.4 is 5.32 Å². The molecule has 7 heteroatoms. The lowest BCUT2D eigenvalue weighted by atomic mass is 9.76. The second kappa shape index (κ2) is 9.18. The number of rotatable bonds is 5. The molecule has 2 aromatic heterocycles. The average molecular weight is 467 g/mol. The summed E-state index contributed by atoms with van der Waals surface area (Å²) in [6.45, 7) is 2.12. The van der Waals surface area contributed by atoms with E-state index in [1.807, 2.05) is 12.3 Å². The van der Waals surface area contributed by atoms with Gasteiger partial charge in [-0.1, -0.05) is 6.07 Å². The van der Waals surface area contributed by atoms with Crippen molar-refractivity contribution in [1.82, 2.24) is 15.0 Å². The molecule has 5 rings (SSSR count). The molecule has 2 heterocycles. The Balaban J connectivity index is 1.25. The molecule has 0 radical (unpaired) electrons. The van der Waals surface area contributed by atoms with E-state index in [0.717, 1.165) is 43.0 Å². The molecular formula is C26H25ClF2N4. The largest absolute Gasteiger partial charge is 0.367 e. The fourth-order valence-electron chi connectivity index (χ4n) is 5.20. The second-order valence-electron chi connectivity index (χ2n) is 9.04. The van der Waals surface area contributed by atoms with E-state index in [9.17, 15) is 8.78 Å². The van der Waals surface area contributed by atoms with Crippen molar-refractivity contribution in [1.29, 1.82) is 0 Å². The molecule has 1 aliphatic carbocycles. The van der Waals surface area contributed by atoms with E-state index in [2.05, 4.69) is 27.2 Å². The third-order valence-corrected chi connectivity index (χ3v) is 6.91. The van der Waals surface area contributed by atoms with Crippen LogP contribution >= 0.6 is 11.6 Å². The smallest absolute Gasteiger partial charge is 0.225 e. The third-order valence-electron chi connectivity index (χ3n) is 6.74. The molecule has 170 valence electrons. The van der Waals surface area contributed by atoms with Gasteiger partial charge in [-0.25, -0.2) is 18.7 Å². The Morgan fingerprint density at radius 2 is 1.85 bits per heavy atom. The lowest BCUT2D eigenvalue weighted by Crippen LogP contribution is -2.23. The standard InChI is InChI=1S/C26H25ClF2N4/c1-15(31-25-20-3-2-4-22(29)24(20)32-26(27)33-25)13-16-5-7-17(8-6-16)19-11-12-30-23-10-9-18(28)14-21(19)23/h2-4,9-12,14-17H,5-8,13H2,1H3,(H,31,32,33)/t15?,16-,17-. The predicted octanol–water partition coefficient (Wildman–Crippen LogP) is 7.27. The minimum absolute atomic E-state index is 0.0313. The van der Waals surface area contributed by atoms with Crippen LogP contribution in [0.25, 0.3) is 21.8 Å². The molecule has 1 aliphatic rings. The Kier molecular flexibility index (Phi) is 6.11. The van der Waals surface area contributed by atoms with Crippen LogP contribution in [0.1, 0.15) is 50.5 Å². The summed E-state index contributed by atoms with van der Waals surface area (Å²) in [5.41, 5.74) is 2.28. The molecule has 4 aromatic rings.